The van der Waals surface area contributed by atoms with E-state index in [4.69, 9.17) is 28.1 Å². The van der Waals surface area contributed by atoms with Gasteiger partial charge in [-0.25, -0.2) is 0 Å². The first kappa shape index (κ1) is 30.4. The Balaban J connectivity index is 1.51. The maximum atomic E-state index is 7.59. The molecule has 2 heterocycles. The Hall–Kier alpha value is -2.04. The summed E-state index contributed by atoms with van der Waals surface area (Å²) in [7, 11) is -1.23. The molecule has 0 saturated carbocycles. The molecule has 0 spiro atoms. The standard InChI is InChI=1S/C33H41BrO6Si/c1-32(2,3)41(25-13-9-7-10-14-25,26-15-11-8-12-16-26)40-30-28(34)31(36-21-23-17-19-24(35-6)20-18-23)38-29(30)27-22-37-33(4,5)39-27/h7-20,27-31H,21-22H2,1-6H3/t27-,28-,29-,30-,31-/m1/s1. The molecule has 2 aliphatic rings. The minimum absolute atomic E-state index is 0.193. The van der Waals surface area contributed by atoms with Crippen molar-refractivity contribution in [2.75, 3.05) is 13.7 Å². The molecule has 5 atom stereocenters. The van der Waals surface area contributed by atoms with Crippen molar-refractivity contribution in [3.8, 4) is 5.75 Å². The lowest BCUT2D eigenvalue weighted by molar-refractivity contribution is -0.186. The second kappa shape index (κ2) is 12.3. The van der Waals surface area contributed by atoms with E-state index in [0.29, 0.717) is 13.2 Å². The maximum absolute atomic E-state index is 7.59. The zero-order chi connectivity index (χ0) is 29.3. The molecular formula is C33H41BrO6Si. The Labute approximate surface area is 253 Å². The quantitative estimate of drug-likeness (QED) is 0.218. The second-order valence-electron chi connectivity index (χ2n) is 12.2. The monoisotopic (exact) mass is 640 g/mol. The number of ether oxygens (including phenoxy) is 5. The van der Waals surface area contributed by atoms with Gasteiger partial charge in [-0.05, 0) is 47.0 Å². The van der Waals surface area contributed by atoms with Gasteiger partial charge in [0.25, 0.3) is 8.32 Å². The summed E-state index contributed by atoms with van der Waals surface area (Å²) in [5.74, 6) is 0.115. The molecular weight excluding hydrogens is 600 g/mol. The van der Waals surface area contributed by atoms with Crippen molar-refractivity contribution in [3.05, 3.63) is 90.5 Å². The smallest absolute Gasteiger partial charge is 0.261 e. The fourth-order valence-electron chi connectivity index (χ4n) is 5.88. The van der Waals surface area contributed by atoms with Gasteiger partial charge in [-0.1, -0.05) is 109 Å². The van der Waals surface area contributed by atoms with Gasteiger partial charge in [-0.2, -0.15) is 0 Å². The number of methoxy groups -OCH3 is 1. The van der Waals surface area contributed by atoms with Crippen molar-refractivity contribution in [2.24, 2.45) is 0 Å². The summed E-state index contributed by atoms with van der Waals surface area (Å²) in [5, 5.41) is 2.23. The Kier molecular flexibility index (Phi) is 9.11. The zero-order valence-corrected chi connectivity index (χ0v) is 27.3. The lowest BCUT2D eigenvalue weighted by atomic mass is 10.1. The Morgan fingerprint density at radius 1 is 0.902 bits per heavy atom. The van der Waals surface area contributed by atoms with Crippen LogP contribution in [-0.4, -0.2) is 57.3 Å². The van der Waals surface area contributed by atoms with Crippen molar-refractivity contribution in [1.29, 1.82) is 0 Å². The molecule has 5 rings (SSSR count). The van der Waals surface area contributed by atoms with Gasteiger partial charge in [-0.3, -0.25) is 0 Å². The predicted octanol–water partition coefficient (Wildman–Crippen LogP) is 5.80. The van der Waals surface area contributed by atoms with Crippen molar-refractivity contribution in [3.63, 3.8) is 0 Å². The van der Waals surface area contributed by atoms with E-state index in [0.717, 1.165) is 11.3 Å². The minimum atomic E-state index is -2.89. The van der Waals surface area contributed by atoms with Crippen molar-refractivity contribution in [2.45, 2.75) is 81.5 Å². The lowest BCUT2D eigenvalue weighted by Gasteiger charge is -2.46. The topological polar surface area (TPSA) is 55.4 Å². The van der Waals surface area contributed by atoms with Crippen LogP contribution in [0.2, 0.25) is 5.04 Å². The van der Waals surface area contributed by atoms with Gasteiger partial charge in [-0.15, -0.1) is 0 Å². The van der Waals surface area contributed by atoms with E-state index in [9.17, 15) is 0 Å². The van der Waals surface area contributed by atoms with Gasteiger partial charge in [0.2, 0.25) is 0 Å². The third-order valence-electron chi connectivity index (χ3n) is 7.89. The van der Waals surface area contributed by atoms with Crippen LogP contribution in [0, 0.1) is 0 Å². The van der Waals surface area contributed by atoms with Crippen molar-refractivity contribution >= 4 is 34.6 Å². The summed E-state index contributed by atoms with van der Waals surface area (Å²) in [4.78, 5) is -0.236. The highest BCUT2D eigenvalue weighted by Crippen LogP contribution is 2.43. The van der Waals surface area contributed by atoms with E-state index in [1.54, 1.807) is 7.11 Å². The number of hydrogen-bond donors (Lipinski definition) is 0. The molecule has 0 bridgehead atoms. The normalized spacial score (nSPS) is 26.3. The van der Waals surface area contributed by atoms with Gasteiger partial charge >= 0.3 is 0 Å². The molecule has 0 radical (unpaired) electrons. The summed E-state index contributed by atoms with van der Waals surface area (Å²) >= 11 is 3.98. The number of rotatable bonds is 9. The van der Waals surface area contributed by atoms with Crippen LogP contribution in [0.3, 0.4) is 0 Å². The van der Waals surface area contributed by atoms with E-state index in [2.05, 4.69) is 97.4 Å². The van der Waals surface area contributed by atoms with E-state index in [1.807, 2.05) is 38.1 Å². The number of benzene rings is 3. The first-order chi connectivity index (χ1) is 19.5. The minimum Gasteiger partial charge on any atom is -0.497 e. The molecule has 2 aliphatic heterocycles. The summed E-state index contributed by atoms with van der Waals surface area (Å²) in [6.07, 6.45) is -1.60. The van der Waals surface area contributed by atoms with Crippen LogP contribution < -0.4 is 15.1 Å². The van der Waals surface area contributed by atoms with E-state index >= 15 is 0 Å². The van der Waals surface area contributed by atoms with Crippen molar-refractivity contribution in [1.82, 2.24) is 0 Å². The Bertz CT molecular complexity index is 1220. The molecule has 2 fully saturated rings. The number of hydrogen-bond acceptors (Lipinski definition) is 6. The van der Waals surface area contributed by atoms with Gasteiger partial charge < -0.3 is 28.1 Å². The largest absolute Gasteiger partial charge is 0.497 e. The van der Waals surface area contributed by atoms with E-state index in [-0.39, 0.29) is 22.1 Å². The summed E-state index contributed by atoms with van der Waals surface area (Å²) in [6.45, 7) is 11.5. The van der Waals surface area contributed by atoms with Crippen LogP contribution in [0.15, 0.2) is 84.9 Å². The molecule has 0 aromatic heterocycles. The third-order valence-corrected chi connectivity index (χ3v) is 13.9. The van der Waals surface area contributed by atoms with Crippen LogP contribution in [0.25, 0.3) is 0 Å². The van der Waals surface area contributed by atoms with Crippen LogP contribution in [0.1, 0.15) is 40.2 Å². The highest BCUT2D eigenvalue weighted by atomic mass is 79.9. The lowest BCUT2D eigenvalue weighted by Crippen LogP contribution is -2.69. The summed E-state index contributed by atoms with van der Waals surface area (Å²) in [6, 6.07) is 29.2. The first-order valence-corrected chi connectivity index (χ1v) is 17.0. The average Bonchev–Trinajstić information content (AvgIpc) is 3.48. The van der Waals surface area contributed by atoms with Crippen LogP contribution in [0.5, 0.6) is 5.75 Å². The average molecular weight is 642 g/mol. The van der Waals surface area contributed by atoms with E-state index < -0.39 is 26.5 Å². The van der Waals surface area contributed by atoms with Crippen molar-refractivity contribution < 1.29 is 28.1 Å². The van der Waals surface area contributed by atoms with Gasteiger partial charge in [0.05, 0.1) is 31.3 Å². The highest BCUT2D eigenvalue weighted by molar-refractivity contribution is 9.09. The molecule has 3 aromatic carbocycles. The molecule has 41 heavy (non-hydrogen) atoms. The predicted molar refractivity (Wildman–Crippen MR) is 167 cm³/mol. The zero-order valence-electron chi connectivity index (χ0n) is 24.7. The SMILES string of the molecule is COc1ccc(CO[C@@H]2O[C@H]([C@H]3COC(C)(C)O3)[C@H](O[Si](c3ccccc3)(c3ccccc3)C(C)(C)C)[C@H]2Br)cc1. The Morgan fingerprint density at radius 3 is 1.98 bits per heavy atom. The third kappa shape index (κ3) is 6.34. The fourth-order valence-corrected chi connectivity index (χ4v) is 11.5. The van der Waals surface area contributed by atoms with E-state index in [1.165, 1.54) is 10.4 Å². The van der Waals surface area contributed by atoms with Crippen LogP contribution >= 0.6 is 15.9 Å². The molecule has 2 saturated heterocycles. The molecule has 8 heteroatoms. The molecule has 0 aliphatic carbocycles. The maximum Gasteiger partial charge on any atom is 0.261 e. The number of halogens is 1. The summed E-state index contributed by atoms with van der Waals surface area (Å²) < 4.78 is 38.3. The fraction of sp³-hybridized carbons (Fsp3) is 0.455. The summed E-state index contributed by atoms with van der Waals surface area (Å²) in [5.41, 5.74) is 1.03. The molecule has 3 aromatic rings. The molecule has 0 N–H and O–H groups in total. The molecule has 220 valence electrons. The first-order valence-electron chi connectivity index (χ1n) is 14.2. The Morgan fingerprint density at radius 2 is 1.49 bits per heavy atom. The molecule has 6 nitrogen and oxygen atoms in total. The van der Waals surface area contributed by atoms with Gasteiger partial charge in [0.15, 0.2) is 12.1 Å². The molecule has 0 amide bonds. The van der Waals surface area contributed by atoms with Crippen LogP contribution in [-0.2, 0) is 30.0 Å². The second-order valence-corrected chi connectivity index (χ2v) is 17.5. The van der Waals surface area contributed by atoms with Gasteiger partial charge in [0.1, 0.15) is 18.0 Å². The molecule has 0 unspecified atom stereocenters. The van der Waals surface area contributed by atoms with Gasteiger partial charge in [0, 0.05) is 0 Å². The highest BCUT2D eigenvalue weighted by Gasteiger charge is 2.58. The number of alkyl halides is 1. The van der Waals surface area contributed by atoms with Crippen LogP contribution in [0.4, 0.5) is 0 Å².